The van der Waals surface area contributed by atoms with Gasteiger partial charge in [0, 0.05) is 25.9 Å². The third-order valence-corrected chi connectivity index (χ3v) is 3.72. The second-order valence-corrected chi connectivity index (χ2v) is 5.58. The molecule has 5 nitrogen and oxygen atoms in total. The standard InChI is InChI=1S/C15H22N2O3/c1-10-6-12(7-11(2)20-10)8-17-9-13(15(19)16-3)4-5-14(17)18/h4-5,9-12H,6-8H2,1-3H3,(H,16,19)/t10-,11+,12?. The summed E-state index contributed by atoms with van der Waals surface area (Å²) >= 11 is 0. The molecular formula is C15H22N2O3. The van der Waals surface area contributed by atoms with Crippen LogP contribution in [-0.4, -0.2) is 29.7 Å². The van der Waals surface area contributed by atoms with Gasteiger partial charge in [0.05, 0.1) is 17.8 Å². The van der Waals surface area contributed by atoms with Gasteiger partial charge < -0.3 is 14.6 Å². The zero-order valence-corrected chi connectivity index (χ0v) is 12.3. The Morgan fingerprint density at radius 3 is 2.60 bits per heavy atom. The van der Waals surface area contributed by atoms with Crippen LogP contribution in [0.5, 0.6) is 0 Å². The van der Waals surface area contributed by atoms with Gasteiger partial charge in [0.2, 0.25) is 0 Å². The van der Waals surface area contributed by atoms with E-state index in [9.17, 15) is 9.59 Å². The lowest BCUT2D eigenvalue weighted by molar-refractivity contribution is -0.0550. The van der Waals surface area contributed by atoms with Crippen LogP contribution in [0.4, 0.5) is 0 Å². The van der Waals surface area contributed by atoms with Gasteiger partial charge >= 0.3 is 0 Å². The lowest BCUT2D eigenvalue weighted by Crippen LogP contribution is -2.34. The molecule has 0 aliphatic carbocycles. The smallest absolute Gasteiger partial charge is 0.252 e. The molecular weight excluding hydrogens is 256 g/mol. The molecule has 1 aliphatic heterocycles. The van der Waals surface area contributed by atoms with Crippen LogP contribution in [0.3, 0.4) is 0 Å². The average Bonchev–Trinajstić information content (AvgIpc) is 2.39. The molecule has 0 radical (unpaired) electrons. The third kappa shape index (κ3) is 3.48. The molecule has 1 aromatic heterocycles. The minimum absolute atomic E-state index is 0.0653. The fourth-order valence-electron chi connectivity index (χ4n) is 2.92. The second-order valence-electron chi connectivity index (χ2n) is 5.58. The number of pyridine rings is 1. The van der Waals surface area contributed by atoms with E-state index >= 15 is 0 Å². The first-order valence-corrected chi connectivity index (χ1v) is 7.07. The number of carbonyl (C=O) groups is 1. The molecule has 110 valence electrons. The van der Waals surface area contributed by atoms with Crippen LogP contribution in [0.2, 0.25) is 0 Å². The Morgan fingerprint density at radius 1 is 1.35 bits per heavy atom. The van der Waals surface area contributed by atoms with Gasteiger partial charge in [-0.25, -0.2) is 0 Å². The molecule has 1 fully saturated rings. The van der Waals surface area contributed by atoms with Gasteiger partial charge in [-0.1, -0.05) is 0 Å². The largest absolute Gasteiger partial charge is 0.376 e. The fraction of sp³-hybridized carbons (Fsp3) is 0.600. The van der Waals surface area contributed by atoms with Crippen molar-refractivity contribution in [2.45, 2.75) is 45.4 Å². The van der Waals surface area contributed by atoms with Crippen molar-refractivity contribution in [3.8, 4) is 0 Å². The van der Waals surface area contributed by atoms with Gasteiger partial charge in [-0.05, 0) is 38.7 Å². The lowest BCUT2D eigenvalue weighted by atomic mass is 9.92. The van der Waals surface area contributed by atoms with E-state index in [2.05, 4.69) is 19.2 Å². The quantitative estimate of drug-likeness (QED) is 0.909. The van der Waals surface area contributed by atoms with E-state index in [0.29, 0.717) is 18.0 Å². The number of hydrogen-bond acceptors (Lipinski definition) is 3. The van der Waals surface area contributed by atoms with Gasteiger partial charge in [-0.3, -0.25) is 9.59 Å². The van der Waals surface area contributed by atoms with Crippen molar-refractivity contribution in [3.63, 3.8) is 0 Å². The maximum Gasteiger partial charge on any atom is 0.252 e. The Kier molecular flexibility index (Phi) is 4.60. The van der Waals surface area contributed by atoms with Gasteiger partial charge in [0.25, 0.3) is 11.5 Å². The molecule has 3 atom stereocenters. The van der Waals surface area contributed by atoms with Crippen LogP contribution in [0, 0.1) is 5.92 Å². The monoisotopic (exact) mass is 278 g/mol. The number of amides is 1. The summed E-state index contributed by atoms with van der Waals surface area (Å²) in [4.78, 5) is 23.5. The van der Waals surface area contributed by atoms with Crippen LogP contribution >= 0.6 is 0 Å². The average molecular weight is 278 g/mol. The molecule has 1 aromatic rings. The molecule has 20 heavy (non-hydrogen) atoms. The topological polar surface area (TPSA) is 60.3 Å². The molecule has 0 saturated carbocycles. The van der Waals surface area contributed by atoms with Crippen molar-refractivity contribution in [3.05, 3.63) is 34.2 Å². The highest BCUT2D eigenvalue weighted by Crippen LogP contribution is 2.25. The van der Waals surface area contributed by atoms with Crippen molar-refractivity contribution in [1.82, 2.24) is 9.88 Å². The first-order valence-electron chi connectivity index (χ1n) is 7.07. The predicted octanol–water partition coefficient (Wildman–Crippen LogP) is 1.41. The molecule has 1 aliphatic rings. The molecule has 1 unspecified atom stereocenters. The zero-order valence-electron chi connectivity index (χ0n) is 12.3. The summed E-state index contributed by atoms with van der Waals surface area (Å²) in [5.74, 6) is 0.235. The SMILES string of the molecule is CNC(=O)c1ccc(=O)n(CC2C[C@@H](C)O[C@@H](C)C2)c1. The van der Waals surface area contributed by atoms with Crippen molar-refractivity contribution in [2.24, 2.45) is 5.92 Å². The van der Waals surface area contributed by atoms with E-state index in [4.69, 9.17) is 4.74 Å². The molecule has 1 saturated heterocycles. The Bertz CT molecular complexity index is 528. The third-order valence-electron chi connectivity index (χ3n) is 3.72. The molecule has 1 amide bonds. The molecule has 2 rings (SSSR count). The summed E-state index contributed by atoms with van der Waals surface area (Å²) in [5, 5.41) is 2.57. The van der Waals surface area contributed by atoms with E-state index in [1.807, 2.05) is 0 Å². The highest BCUT2D eigenvalue weighted by atomic mass is 16.5. The van der Waals surface area contributed by atoms with Gasteiger partial charge in [0.15, 0.2) is 0 Å². The minimum atomic E-state index is -0.174. The molecule has 1 N–H and O–H groups in total. The minimum Gasteiger partial charge on any atom is -0.376 e. The van der Waals surface area contributed by atoms with Crippen LogP contribution in [0.1, 0.15) is 37.0 Å². The summed E-state index contributed by atoms with van der Waals surface area (Å²) < 4.78 is 7.35. The highest BCUT2D eigenvalue weighted by molar-refractivity contribution is 5.93. The number of carbonyl (C=O) groups excluding carboxylic acids is 1. The van der Waals surface area contributed by atoms with E-state index in [1.165, 1.54) is 6.07 Å². The van der Waals surface area contributed by atoms with E-state index in [1.54, 1.807) is 23.9 Å². The Labute approximate surface area is 118 Å². The summed E-state index contributed by atoms with van der Waals surface area (Å²) in [6, 6.07) is 3.02. The number of ether oxygens (including phenoxy) is 1. The van der Waals surface area contributed by atoms with Crippen LogP contribution in [0.15, 0.2) is 23.1 Å². The van der Waals surface area contributed by atoms with Crippen molar-refractivity contribution in [1.29, 1.82) is 0 Å². The Balaban J connectivity index is 2.16. The zero-order chi connectivity index (χ0) is 14.7. The number of nitrogens with one attached hydrogen (secondary N) is 1. The predicted molar refractivity (Wildman–Crippen MR) is 76.8 cm³/mol. The molecule has 5 heteroatoms. The van der Waals surface area contributed by atoms with Gasteiger partial charge in [-0.2, -0.15) is 0 Å². The summed E-state index contributed by atoms with van der Waals surface area (Å²) in [5.41, 5.74) is 0.449. The highest BCUT2D eigenvalue weighted by Gasteiger charge is 2.24. The van der Waals surface area contributed by atoms with Gasteiger partial charge in [0.1, 0.15) is 0 Å². The van der Waals surface area contributed by atoms with Gasteiger partial charge in [-0.15, -0.1) is 0 Å². The maximum absolute atomic E-state index is 11.9. The van der Waals surface area contributed by atoms with E-state index in [-0.39, 0.29) is 23.7 Å². The summed E-state index contributed by atoms with van der Waals surface area (Å²) in [7, 11) is 1.58. The van der Waals surface area contributed by atoms with Crippen molar-refractivity contribution >= 4 is 5.91 Å². The lowest BCUT2D eigenvalue weighted by Gasteiger charge is -2.32. The summed E-state index contributed by atoms with van der Waals surface area (Å²) in [6.07, 6.45) is 3.98. The Morgan fingerprint density at radius 2 is 2.00 bits per heavy atom. The molecule has 2 heterocycles. The van der Waals surface area contributed by atoms with Crippen LogP contribution < -0.4 is 10.9 Å². The Hall–Kier alpha value is -1.62. The fourth-order valence-corrected chi connectivity index (χ4v) is 2.92. The van der Waals surface area contributed by atoms with E-state index in [0.717, 1.165) is 12.8 Å². The molecule has 0 aromatic carbocycles. The number of hydrogen-bond donors (Lipinski definition) is 1. The first-order chi connectivity index (χ1) is 9.49. The summed E-state index contributed by atoms with van der Waals surface area (Å²) in [6.45, 7) is 4.76. The number of nitrogens with zero attached hydrogens (tertiary/aromatic N) is 1. The van der Waals surface area contributed by atoms with Crippen LogP contribution in [-0.2, 0) is 11.3 Å². The van der Waals surface area contributed by atoms with Crippen LogP contribution in [0.25, 0.3) is 0 Å². The van der Waals surface area contributed by atoms with E-state index < -0.39 is 0 Å². The maximum atomic E-state index is 11.9. The number of rotatable bonds is 3. The first kappa shape index (κ1) is 14.8. The van der Waals surface area contributed by atoms with Crippen molar-refractivity contribution in [2.75, 3.05) is 7.05 Å². The second kappa shape index (κ2) is 6.22. The molecule has 0 spiro atoms. The van der Waals surface area contributed by atoms with Crippen molar-refractivity contribution < 1.29 is 9.53 Å². The normalized spacial score (nSPS) is 26.2. The number of aromatic nitrogens is 1. The molecule has 0 bridgehead atoms.